The van der Waals surface area contributed by atoms with E-state index in [2.05, 4.69) is 57.8 Å². The van der Waals surface area contributed by atoms with Crippen LogP contribution in [0.2, 0.25) is 0 Å². The lowest BCUT2D eigenvalue weighted by Crippen LogP contribution is -2.22. The number of hydrogen-bond donors (Lipinski definition) is 1. The minimum atomic E-state index is 0.331. The van der Waals surface area contributed by atoms with Crippen LogP contribution in [0.4, 0.5) is 0 Å². The molecule has 0 spiro atoms. The van der Waals surface area contributed by atoms with Gasteiger partial charge in [0.25, 0.3) is 0 Å². The zero-order chi connectivity index (χ0) is 13.7. The predicted molar refractivity (Wildman–Crippen MR) is 85.1 cm³/mol. The van der Waals surface area contributed by atoms with Gasteiger partial charge in [0.15, 0.2) is 0 Å². The summed E-state index contributed by atoms with van der Waals surface area (Å²) >= 11 is 5.36. The Hall–Kier alpha value is -0.840. The quantitative estimate of drug-likeness (QED) is 0.841. The van der Waals surface area contributed by atoms with E-state index in [0.29, 0.717) is 6.04 Å². The topological polar surface area (TPSA) is 21.3 Å². The van der Waals surface area contributed by atoms with Gasteiger partial charge in [0.05, 0.1) is 7.11 Å². The molecular weight excluding hydrogens is 322 g/mol. The summed E-state index contributed by atoms with van der Waals surface area (Å²) in [4.78, 5) is 1.31. The Morgan fingerprint density at radius 2 is 2.16 bits per heavy atom. The van der Waals surface area contributed by atoms with Gasteiger partial charge in [0.1, 0.15) is 5.75 Å². The van der Waals surface area contributed by atoms with Crippen LogP contribution in [0.3, 0.4) is 0 Å². The summed E-state index contributed by atoms with van der Waals surface area (Å²) in [6, 6.07) is 10.8. The lowest BCUT2D eigenvalue weighted by Gasteiger charge is -2.17. The maximum atomic E-state index is 5.27. The summed E-state index contributed by atoms with van der Waals surface area (Å²) < 4.78 is 6.44. The van der Waals surface area contributed by atoms with Gasteiger partial charge in [-0.2, -0.15) is 0 Å². The van der Waals surface area contributed by atoms with Crippen LogP contribution in [0.15, 0.2) is 40.2 Å². The molecule has 0 amide bonds. The van der Waals surface area contributed by atoms with E-state index < -0.39 is 0 Å². The van der Waals surface area contributed by atoms with Gasteiger partial charge in [-0.05, 0) is 30.7 Å². The van der Waals surface area contributed by atoms with E-state index in [9.17, 15) is 0 Å². The molecular formula is C15H18BrNOS. The highest BCUT2D eigenvalue weighted by Gasteiger charge is 2.15. The number of benzene rings is 1. The molecule has 0 bridgehead atoms. The number of ether oxygens (including phenoxy) is 1. The van der Waals surface area contributed by atoms with Crippen molar-refractivity contribution in [2.24, 2.45) is 0 Å². The molecule has 0 aliphatic carbocycles. The second-order valence-corrected chi connectivity index (χ2v) is 6.09. The van der Waals surface area contributed by atoms with Crippen LogP contribution in [0, 0.1) is 0 Å². The largest absolute Gasteiger partial charge is 0.496 e. The lowest BCUT2D eigenvalue weighted by molar-refractivity contribution is 0.415. The highest BCUT2D eigenvalue weighted by atomic mass is 79.9. The van der Waals surface area contributed by atoms with Crippen molar-refractivity contribution < 1.29 is 4.74 Å². The van der Waals surface area contributed by atoms with Crippen molar-refractivity contribution in [3.63, 3.8) is 0 Å². The molecule has 2 aromatic rings. The fraction of sp³-hybridized carbons (Fsp3) is 0.333. The summed E-state index contributed by atoms with van der Waals surface area (Å²) in [5.41, 5.74) is 1.32. The second-order valence-electron chi connectivity index (χ2n) is 4.29. The van der Waals surface area contributed by atoms with Crippen molar-refractivity contribution in [1.29, 1.82) is 0 Å². The maximum absolute atomic E-state index is 5.27. The Morgan fingerprint density at radius 1 is 1.37 bits per heavy atom. The Labute approximate surface area is 126 Å². The first-order valence-corrected chi connectivity index (χ1v) is 8.01. The van der Waals surface area contributed by atoms with E-state index in [1.54, 1.807) is 18.4 Å². The van der Waals surface area contributed by atoms with Crippen LogP contribution >= 0.6 is 27.3 Å². The van der Waals surface area contributed by atoms with Crippen LogP contribution in [0.5, 0.6) is 5.75 Å². The predicted octanol–water partition coefficient (Wildman–Crippen LogP) is 4.41. The molecule has 2 nitrogen and oxygen atoms in total. The zero-order valence-electron chi connectivity index (χ0n) is 11.2. The summed E-state index contributed by atoms with van der Waals surface area (Å²) in [5, 5.41) is 5.60. The van der Waals surface area contributed by atoms with Crippen molar-refractivity contribution >= 4 is 27.3 Å². The number of methoxy groups -OCH3 is 1. The lowest BCUT2D eigenvalue weighted by atomic mass is 10.0. The van der Waals surface area contributed by atoms with Gasteiger partial charge in [-0.3, -0.25) is 0 Å². The monoisotopic (exact) mass is 339 g/mol. The molecule has 1 N–H and O–H groups in total. The molecule has 1 heterocycles. The van der Waals surface area contributed by atoms with Crippen LogP contribution < -0.4 is 10.1 Å². The molecule has 0 saturated carbocycles. The third kappa shape index (κ3) is 3.81. The van der Waals surface area contributed by atoms with E-state index in [1.807, 2.05) is 6.07 Å². The number of rotatable bonds is 6. The molecule has 1 atom stereocenters. The third-order valence-electron chi connectivity index (χ3n) is 3.01. The highest BCUT2D eigenvalue weighted by Crippen LogP contribution is 2.30. The van der Waals surface area contributed by atoms with E-state index >= 15 is 0 Å². The highest BCUT2D eigenvalue weighted by molar-refractivity contribution is 9.10. The molecule has 0 radical (unpaired) electrons. The number of hydrogen-bond acceptors (Lipinski definition) is 3. The summed E-state index contributed by atoms with van der Waals surface area (Å²) in [6.45, 7) is 3.09. The average Bonchev–Trinajstić information content (AvgIpc) is 2.89. The molecule has 0 saturated heterocycles. The molecule has 4 heteroatoms. The number of nitrogens with one attached hydrogen (secondary N) is 1. The van der Waals surface area contributed by atoms with Crippen molar-refractivity contribution in [3.05, 3.63) is 50.6 Å². The molecule has 19 heavy (non-hydrogen) atoms. The Morgan fingerprint density at radius 3 is 2.79 bits per heavy atom. The first-order valence-electron chi connectivity index (χ1n) is 6.33. The summed E-state index contributed by atoms with van der Waals surface area (Å²) in [6.07, 6.45) is 0.971. The minimum absolute atomic E-state index is 0.331. The van der Waals surface area contributed by atoms with E-state index in [-0.39, 0.29) is 0 Å². The van der Waals surface area contributed by atoms with E-state index in [4.69, 9.17) is 4.74 Å². The van der Waals surface area contributed by atoms with Crippen molar-refractivity contribution in [1.82, 2.24) is 5.32 Å². The smallest absolute Gasteiger partial charge is 0.129 e. The standard InChI is InChI=1S/C15H18BrNOS/c1-3-17-14(15-9-12(18-2)10-19-15)8-11-6-4-5-7-13(11)16/h4-7,9-10,14,17H,3,8H2,1-2H3. The van der Waals surface area contributed by atoms with Gasteiger partial charge < -0.3 is 10.1 Å². The third-order valence-corrected chi connectivity index (χ3v) is 4.81. The number of halogens is 1. The first kappa shape index (κ1) is 14.6. The molecule has 0 aliphatic heterocycles. The van der Waals surface area contributed by atoms with Crippen molar-refractivity contribution in [3.8, 4) is 5.75 Å². The Bertz CT molecular complexity index is 526. The molecule has 0 aliphatic rings. The van der Waals surface area contributed by atoms with Crippen molar-refractivity contribution in [2.75, 3.05) is 13.7 Å². The molecule has 102 valence electrons. The van der Waals surface area contributed by atoms with Gasteiger partial charge in [0.2, 0.25) is 0 Å². The summed E-state index contributed by atoms with van der Waals surface area (Å²) in [7, 11) is 1.71. The number of likely N-dealkylation sites (N-methyl/N-ethyl adjacent to an activating group) is 1. The first-order chi connectivity index (χ1) is 9.24. The van der Waals surface area contributed by atoms with Crippen LogP contribution in [-0.4, -0.2) is 13.7 Å². The Kier molecular flexibility index (Phi) is 5.43. The summed E-state index contributed by atoms with van der Waals surface area (Å²) in [5.74, 6) is 0.940. The van der Waals surface area contributed by atoms with Gasteiger partial charge in [0, 0.05) is 20.8 Å². The van der Waals surface area contributed by atoms with Gasteiger partial charge in [-0.25, -0.2) is 0 Å². The van der Waals surface area contributed by atoms with E-state index in [1.165, 1.54) is 14.9 Å². The maximum Gasteiger partial charge on any atom is 0.129 e. The average molecular weight is 340 g/mol. The normalized spacial score (nSPS) is 12.4. The fourth-order valence-corrected chi connectivity index (χ4v) is 3.41. The molecule has 1 aromatic carbocycles. The fourth-order valence-electron chi connectivity index (χ4n) is 2.03. The molecule has 1 unspecified atom stereocenters. The van der Waals surface area contributed by atoms with Crippen LogP contribution in [-0.2, 0) is 6.42 Å². The van der Waals surface area contributed by atoms with E-state index in [0.717, 1.165) is 18.7 Å². The molecule has 0 fully saturated rings. The van der Waals surface area contributed by atoms with Gasteiger partial charge in [-0.15, -0.1) is 11.3 Å². The molecule has 2 rings (SSSR count). The zero-order valence-corrected chi connectivity index (χ0v) is 13.6. The van der Waals surface area contributed by atoms with Crippen LogP contribution in [0.25, 0.3) is 0 Å². The van der Waals surface area contributed by atoms with Gasteiger partial charge in [-0.1, -0.05) is 41.1 Å². The SMILES string of the molecule is CCNC(Cc1ccccc1Br)c1cc(OC)cs1. The molecule has 1 aromatic heterocycles. The minimum Gasteiger partial charge on any atom is -0.496 e. The Balaban J connectivity index is 2.18. The number of thiophene rings is 1. The van der Waals surface area contributed by atoms with Gasteiger partial charge >= 0.3 is 0 Å². The van der Waals surface area contributed by atoms with Crippen LogP contribution in [0.1, 0.15) is 23.4 Å². The second kappa shape index (κ2) is 7.08. The van der Waals surface area contributed by atoms with Crippen molar-refractivity contribution in [2.45, 2.75) is 19.4 Å².